The molecule has 1 N–H and O–H groups in total. The summed E-state index contributed by atoms with van der Waals surface area (Å²) in [6.45, 7) is 11.4. The van der Waals surface area contributed by atoms with Gasteiger partial charge in [-0.2, -0.15) is 0 Å². The first-order chi connectivity index (χ1) is 10.5. The number of amides is 1. The van der Waals surface area contributed by atoms with E-state index in [1.54, 1.807) is 6.33 Å². The highest BCUT2D eigenvalue weighted by atomic mass is 16.2. The van der Waals surface area contributed by atoms with Crippen molar-refractivity contribution in [3.63, 3.8) is 0 Å². The second kappa shape index (κ2) is 7.72. The molecule has 1 aliphatic heterocycles. The molecule has 6 heteroatoms. The first-order valence-electron chi connectivity index (χ1n) is 8.45. The third-order valence-corrected chi connectivity index (χ3v) is 4.49. The SMILES string of the molecule is CCCn1cnnc1[C@@H](C)NC(=O)C1CCN(C(C)C)CC1. The van der Waals surface area contributed by atoms with E-state index in [9.17, 15) is 4.79 Å². The topological polar surface area (TPSA) is 63.1 Å². The number of piperidine rings is 1. The van der Waals surface area contributed by atoms with Gasteiger partial charge in [-0.25, -0.2) is 0 Å². The van der Waals surface area contributed by atoms with Crippen LogP contribution in [0.2, 0.25) is 0 Å². The Bertz CT molecular complexity index is 477. The summed E-state index contributed by atoms with van der Waals surface area (Å²) < 4.78 is 2.02. The summed E-state index contributed by atoms with van der Waals surface area (Å²) in [4.78, 5) is 14.9. The predicted molar refractivity (Wildman–Crippen MR) is 86.3 cm³/mol. The van der Waals surface area contributed by atoms with Crippen LogP contribution in [0.3, 0.4) is 0 Å². The Morgan fingerprint density at radius 1 is 1.36 bits per heavy atom. The van der Waals surface area contributed by atoms with E-state index in [1.807, 2.05) is 11.5 Å². The molecule has 0 radical (unpaired) electrons. The van der Waals surface area contributed by atoms with Crippen LogP contribution in [0.25, 0.3) is 0 Å². The molecule has 1 aliphatic rings. The van der Waals surface area contributed by atoms with Gasteiger partial charge in [-0.3, -0.25) is 4.79 Å². The van der Waals surface area contributed by atoms with Crippen molar-refractivity contribution >= 4 is 5.91 Å². The average molecular weight is 307 g/mol. The lowest BCUT2D eigenvalue weighted by atomic mass is 9.95. The Hall–Kier alpha value is -1.43. The lowest BCUT2D eigenvalue weighted by molar-refractivity contribution is -0.127. The number of nitrogens with one attached hydrogen (secondary N) is 1. The average Bonchev–Trinajstić information content (AvgIpc) is 2.96. The zero-order valence-corrected chi connectivity index (χ0v) is 14.2. The van der Waals surface area contributed by atoms with E-state index < -0.39 is 0 Å². The second-order valence-corrected chi connectivity index (χ2v) is 6.52. The molecule has 1 atom stereocenters. The number of nitrogens with zero attached hydrogens (tertiary/aromatic N) is 4. The summed E-state index contributed by atoms with van der Waals surface area (Å²) in [6.07, 6.45) is 4.65. The molecular formula is C16H29N5O. The summed E-state index contributed by atoms with van der Waals surface area (Å²) in [5.74, 6) is 1.12. The Labute approximate surface area is 133 Å². The third kappa shape index (κ3) is 4.06. The van der Waals surface area contributed by atoms with Crippen LogP contribution in [0.1, 0.15) is 58.8 Å². The van der Waals surface area contributed by atoms with Gasteiger partial charge in [0.25, 0.3) is 0 Å². The maximum atomic E-state index is 12.5. The quantitative estimate of drug-likeness (QED) is 0.873. The molecule has 0 unspecified atom stereocenters. The maximum absolute atomic E-state index is 12.5. The van der Waals surface area contributed by atoms with Crippen molar-refractivity contribution < 1.29 is 4.79 Å². The molecule has 1 saturated heterocycles. The van der Waals surface area contributed by atoms with Crippen molar-refractivity contribution in [2.24, 2.45) is 5.92 Å². The van der Waals surface area contributed by atoms with Gasteiger partial charge in [-0.05, 0) is 53.1 Å². The Kier molecular flexibility index (Phi) is 5.94. The molecule has 1 aromatic rings. The number of aryl methyl sites for hydroxylation is 1. The minimum Gasteiger partial charge on any atom is -0.346 e. The molecule has 2 rings (SSSR count). The zero-order chi connectivity index (χ0) is 16.1. The molecule has 0 aromatic carbocycles. The molecule has 22 heavy (non-hydrogen) atoms. The van der Waals surface area contributed by atoms with Crippen molar-refractivity contribution in [3.05, 3.63) is 12.2 Å². The van der Waals surface area contributed by atoms with Gasteiger partial charge >= 0.3 is 0 Å². The van der Waals surface area contributed by atoms with E-state index in [1.165, 1.54) is 0 Å². The minimum absolute atomic E-state index is 0.0929. The fraction of sp³-hybridized carbons (Fsp3) is 0.812. The van der Waals surface area contributed by atoms with Crippen molar-refractivity contribution in [2.45, 2.75) is 65.6 Å². The number of rotatable bonds is 6. The minimum atomic E-state index is -0.0929. The lowest BCUT2D eigenvalue weighted by Gasteiger charge is -2.34. The van der Waals surface area contributed by atoms with Crippen LogP contribution in [0.5, 0.6) is 0 Å². The van der Waals surface area contributed by atoms with Crippen molar-refractivity contribution in [1.82, 2.24) is 25.0 Å². The number of likely N-dealkylation sites (tertiary alicyclic amines) is 1. The molecular weight excluding hydrogens is 278 g/mol. The van der Waals surface area contributed by atoms with E-state index in [4.69, 9.17) is 0 Å². The third-order valence-electron chi connectivity index (χ3n) is 4.49. The molecule has 0 bridgehead atoms. The van der Waals surface area contributed by atoms with Gasteiger partial charge in [0, 0.05) is 18.5 Å². The lowest BCUT2D eigenvalue weighted by Crippen LogP contribution is -2.43. The first-order valence-corrected chi connectivity index (χ1v) is 8.45. The van der Waals surface area contributed by atoms with Gasteiger partial charge in [0.2, 0.25) is 5.91 Å². The highest BCUT2D eigenvalue weighted by Gasteiger charge is 2.27. The number of hydrogen-bond donors (Lipinski definition) is 1. The molecule has 0 spiro atoms. The fourth-order valence-electron chi connectivity index (χ4n) is 3.09. The van der Waals surface area contributed by atoms with Crippen LogP contribution in [0, 0.1) is 5.92 Å². The summed E-state index contributed by atoms with van der Waals surface area (Å²) in [7, 11) is 0. The van der Waals surface area contributed by atoms with Gasteiger partial charge in [0.1, 0.15) is 6.33 Å². The number of carbonyl (C=O) groups is 1. The number of carbonyl (C=O) groups excluding carboxylic acids is 1. The van der Waals surface area contributed by atoms with E-state index >= 15 is 0 Å². The first kappa shape index (κ1) is 16.9. The monoisotopic (exact) mass is 307 g/mol. The second-order valence-electron chi connectivity index (χ2n) is 6.52. The van der Waals surface area contributed by atoms with Crippen LogP contribution in [-0.2, 0) is 11.3 Å². The number of hydrogen-bond acceptors (Lipinski definition) is 4. The van der Waals surface area contributed by atoms with Crippen molar-refractivity contribution in [3.8, 4) is 0 Å². The van der Waals surface area contributed by atoms with Crippen LogP contribution in [0.4, 0.5) is 0 Å². The Morgan fingerprint density at radius 3 is 2.64 bits per heavy atom. The van der Waals surface area contributed by atoms with Gasteiger partial charge in [-0.1, -0.05) is 6.92 Å². The molecule has 124 valence electrons. The van der Waals surface area contributed by atoms with Crippen LogP contribution < -0.4 is 5.32 Å². The van der Waals surface area contributed by atoms with Crippen LogP contribution in [-0.4, -0.2) is 44.7 Å². The van der Waals surface area contributed by atoms with Crippen LogP contribution in [0.15, 0.2) is 6.33 Å². The molecule has 1 aromatic heterocycles. The summed E-state index contributed by atoms with van der Waals surface area (Å²) in [5, 5.41) is 11.2. The smallest absolute Gasteiger partial charge is 0.223 e. The van der Waals surface area contributed by atoms with E-state index in [-0.39, 0.29) is 17.9 Å². The predicted octanol–water partition coefficient (Wildman–Crippen LogP) is 1.99. The summed E-state index contributed by atoms with van der Waals surface area (Å²) in [5.41, 5.74) is 0. The summed E-state index contributed by atoms with van der Waals surface area (Å²) in [6, 6.07) is 0.472. The van der Waals surface area contributed by atoms with Gasteiger partial charge in [0.15, 0.2) is 5.82 Å². The molecule has 6 nitrogen and oxygen atoms in total. The normalized spacial score (nSPS) is 18.6. The molecule has 0 saturated carbocycles. The Balaban J connectivity index is 1.88. The van der Waals surface area contributed by atoms with E-state index in [0.29, 0.717) is 6.04 Å². The van der Waals surface area contributed by atoms with E-state index in [2.05, 4.69) is 41.2 Å². The summed E-state index contributed by atoms with van der Waals surface area (Å²) >= 11 is 0. The maximum Gasteiger partial charge on any atom is 0.223 e. The largest absolute Gasteiger partial charge is 0.346 e. The highest BCUT2D eigenvalue weighted by molar-refractivity contribution is 5.79. The number of aromatic nitrogens is 3. The van der Waals surface area contributed by atoms with Gasteiger partial charge in [-0.15, -0.1) is 10.2 Å². The Morgan fingerprint density at radius 2 is 2.05 bits per heavy atom. The van der Waals surface area contributed by atoms with E-state index in [0.717, 1.165) is 44.7 Å². The molecule has 0 aliphatic carbocycles. The van der Waals surface area contributed by atoms with Gasteiger partial charge < -0.3 is 14.8 Å². The molecule has 2 heterocycles. The highest BCUT2D eigenvalue weighted by Crippen LogP contribution is 2.20. The van der Waals surface area contributed by atoms with Crippen molar-refractivity contribution in [1.29, 1.82) is 0 Å². The molecule has 1 amide bonds. The van der Waals surface area contributed by atoms with Gasteiger partial charge in [0.05, 0.1) is 6.04 Å². The fourth-order valence-corrected chi connectivity index (χ4v) is 3.09. The standard InChI is InChI=1S/C16H29N5O/c1-5-8-21-11-17-19-15(21)13(4)18-16(22)14-6-9-20(10-7-14)12(2)3/h11-14H,5-10H2,1-4H3,(H,18,22)/t13-/m1/s1. The molecule has 1 fully saturated rings. The van der Waals surface area contributed by atoms with Crippen molar-refractivity contribution in [2.75, 3.05) is 13.1 Å². The van der Waals surface area contributed by atoms with Crippen LogP contribution >= 0.6 is 0 Å². The zero-order valence-electron chi connectivity index (χ0n) is 14.2.